The number of halogens is 1. The number of fused-ring (bicyclic) bond motifs is 1. The summed E-state index contributed by atoms with van der Waals surface area (Å²) in [7, 11) is 4.49. The third-order valence-corrected chi connectivity index (χ3v) is 4.26. The van der Waals surface area contributed by atoms with E-state index in [9.17, 15) is 18.8 Å². The molecule has 3 aromatic rings. The van der Waals surface area contributed by atoms with Crippen LogP contribution in [0.25, 0.3) is 11.2 Å². The molecule has 0 atom stereocenters. The molecule has 0 N–H and O–H groups in total. The molecule has 0 aliphatic carbocycles. The van der Waals surface area contributed by atoms with Crippen molar-refractivity contribution < 1.29 is 9.18 Å². The zero-order chi connectivity index (χ0) is 19.0. The SMILES string of the molecule is CN(Cc1cccc(F)c1)C(=O)Cn1cnc2c1c(=O)n(C)c(=O)n2C. The third-order valence-electron chi connectivity index (χ3n) is 4.26. The van der Waals surface area contributed by atoms with Gasteiger partial charge in [0.2, 0.25) is 5.91 Å². The predicted molar refractivity (Wildman–Crippen MR) is 93.1 cm³/mol. The fraction of sp³-hybridized carbons (Fsp3) is 0.294. The zero-order valence-corrected chi connectivity index (χ0v) is 14.6. The fourth-order valence-electron chi connectivity index (χ4n) is 2.78. The van der Waals surface area contributed by atoms with Crippen molar-refractivity contribution in [2.45, 2.75) is 13.1 Å². The van der Waals surface area contributed by atoms with E-state index in [1.54, 1.807) is 19.2 Å². The van der Waals surface area contributed by atoms with Crippen molar-refractivity contribution in [3.8, 4) is 0 Å². The van der Waals surface area contributed by atoms with Crippen molar-refractivity contribution in [3.05, 3.63) is 62.8 Å². The monoisotopic (exact) mass is 359 g/mol. The van der Waals surface area contributed by atoms with Crippen molar-refractivity contribution in [1.29, 1.82) is 0 Å². The standard InChI is InChI=1S/C17H18FN5O3/c1-20(8-11-5-4-6-12(18)7-11)13(24)9-23-10-19-15-14(23)16(25)22(3)17(26)21(15)2/h4-7,10H,8-9H2,1-3H3. The Morgan fingerprint density at radius 1 is 1.23 bits per heavy atom. The van der Waals surface area contributed by atoms with Crippen molar-refractivity contribution >= 4 is 17.1 Å². The van der Waals surface area contributed by atoms with E-state index in [0.717, 1.165) is 4.57 Å². The maximum atomic E-state index is 13.3. The van der Waals surface area contributed by atoms with Gasteiger partial charge >= 0.3 is 5.69 Å². The lowest BCUT2D eigenvalue weighted by atomic mass is 10.2. The Kier molecular flexibility index (Phi) is 4.45. The highest BCUT2D eigenvalue weighted by Gasteiger charge is 2.17. The molecule has 26 heavy (non-hydrogen) atoms. The van der Waals surface area contributed by atoms with Crippen molar-refractivity contribution in [2.24, 2.45) is 14.1 Å². The first-order valence-corrected chi connectivity index (χ1v) is 7.89. The van der Waals surface area contributed by atoms with Crippen LogP contribution in [0.15, 0.2) is 40.2 Å². The Hall–Kier alpha value is -3.23. The molecule has 2 aromatic heterocycles. The molecular weight excluding hydrogens is 341 g/mol. The van der Waals surface area contributed by atoms with Crippen LogP contribution in [0.2, 0.25) is 0 Å². The molecule has 0 unspecified atom stereocenters. The van der Waals surface area contributed by atoms with Gasteiger partial charge in [-0.05, 0) is 17.7 Å². The summed E-state index contributed by atoms with van der Waals surface area (Å²) in [5.41, 5.74) is 0.0684. The summed E-state index contributed by atoms with van der Waals surface area (Å²) >= 11 is 0. The number of nitrogens with zero attached hydrogens (tertiary/aromatic N) is 5. The average molecular weight is 359 g/mol. The van der Waals surface area contributed by atoms with Gasteiger partial charge in [0.15, 0.2) is 11.2 Å². The first kappa shape index (κ1) is 17.6. The number of imidazole rings is 1. The minimum atomic E-state index is -0.513. The highest BCUT2D eigenvalue weighted by molar-refractivity contribution is 5.78. The van der Waals surface area contributed by atoms with Crippen molar-refractivity contribution in [2.75, 3.05) is 7.05 Å². The smallest absolute Gasteiger partial charge is 0.332 e. The quantitative estimate of drug-likeness (QED) is 0.668. The van der Waals surface area contributed by atoms with Crippen LogP contribution in [0.1, 0.15) is 5.56 Å². The molecule has 9 heteroatoms. The lowest BCUT2D eigenvalue weighted by Gasteiger charge is -2.18. The lowest BCUT2D eigenvalue weighted by molar-refractivity contribution is -0.131. The van der Waals surface area contributed by atoms with Crippen LogP contribution in [-0.2, 0) is 32.0 Å². The molecule has 1 amide bonds. The first-order valence-electron chi connectivity index (χ1n) is 7.89. The Labute approximate surface area is 147 Å². The highest BCUT2D eigenvalue weighted by atomic mass is 19.1. The molecule has 1 aromatic carbocycles. The summed E-state index contributed by atoms with van der Waals surface area (Å²) in [6.45, 7) is 0.121. The Balaban J connectivity index is 1.88. The Morgan fingerprint density at radius 3 is 2.65 bits per heavy atom. The second kappa shape index (κ2) is 6.58. The number of amides is 1. The molecule has 0 saturated heterocycles. The fourth-order valence-corrected chi connectivity index (χ4v) is 2.78. The van der Waals surface area contributed by atoms with E-state index < -0.39 is 11.2 Å². The summed E-state index contributed by atoms with van der Waals surface area (Å²) < 4.78 is 16.9. The minimum absolute atomic E-state index is 0.115. The number of aromatic nitrogens is 4. The molecule has 0 fully saturated rings. The normalized spacial score (nSPS) is 11.1. The summed E-state index contributed by atoms with van der Waals surface area (Å²) in [6.07, 6.45) is 1.36. The second-order valence-corrected chi connectivity index (χ2v) is 6.13. The van der Waals surface area contributed by atoms with Crippen LogP contribution in [0.4, 0.5) is 4.39 Å². The number of hydrogen-bond donors (Lipinski definition) is 0. The van der Waals surface area contributed by atoms with Gasteiger partial charge in [-0.1, -0.05) is 12.1 Å². The molecule has 3 rings (SSSR count). The molecule has 2 heterocycles. The number of hydrogen-bond acceptors (Lipinski definition) is 4. The first-order chi connectivity index (χ1) is 12.3. The van der Waals surface area contributed by atoms with E-state index in [-0.39, 0.29) is 36.0 Å². The third kappa shape index (κ3) is 3.03. The van der Waals surface area contributed by atoms with Crippen LogP contribution in [-0.4, -0.2) is 36.5 Å². The predicted octanol–water partition coefficient (Wildman–Crippen LogP) is 0.231. The molecule has 136 valence electrons. The van der Waals surface area contributed by atoms with Gasteiger partial charge in [0.1, 0.15) is 12.4 Å². The van der Waals surface area contributed by atoms with Crippen LogP contribution < -0.4 is 11.2 Å². The van der Waals surface area contributed by atoms with Crippen LogP contribution in [0.3, 0.4) is 0 Å². The van der Waals surface area contributed by atoms with Gasteiger partial charge < -0.3 is 9.47 Å². The molecule has 0 aliphatic heterocycles. The Morgan fingerprint density at radius 2 is 1.96 bits per heavy atom. The van der Waals surface area contributed by atoms with E-state index >= 15 is 0 Å². The van der Waals surface area contributed by atoms with Crippen LogP contribution in [0, 0.1) is 5.82 Å². The lowest BCUT2D eigenvalue weighted by Crippen LogP contribution is -2.38. The number of rotatable bonds is 4. The molecule has 0 spiro atoms. The maximum absolute atomic E-state index is 13.3. The molecule has 0 bridgehead atoms. The minimum Gasteiger partial charge on any atom is -0.340 e. The number of aryl methyl sites for hydroxylation is 1. The molecule has 0 aliphatic rings. The number of likely N-dealkylation sites (N-methyl/N-ethyl adjacent to an activating group) is 1. The van der Waals surface area contributed by atoms with E-state index in [1.165, 1.54) is 46.6 Å². The van der Waals surface area contributed by atoms with Gasteiger partial charge in [0.05, 0.1) is 6.33 Å². The largest absolute Gasteiger partial charge is 0.340 e. The van der Waals surface area contributed by atoms with Gasteiger partial charge in [0, 0.05) is 27.7 Å². The molecule has 0 saturated carbocycles. The van der Waals surface area contributed by atoms with E-state index in [4.69, 9.17) is 0 Å². The number of carbonyl (C=O) groups excluding carboxylic acids is 1. The van der Waals surface area contributed by atoms with Gasteiger partial charge in [-0.3, -0.25) is 18.7 Å². The Bertz CT molecular complexity index is 1110. The zero-order valence-electron chi connectivity index (χ0n) is 14.6. The second-order valence-electron chi connectivity index (χ2n) is 6.13. The molecule has 0 radical (unpaired) electrons. The highest BCUT2D eigenvalue weighted by Crippen LogP contribution is 2.09. The summed E-state index contributed by atoms with van der Waals surface area (Å²) in [6, 6.07) is 6.01. The van der Waals surface area contributed by atoms with E-state index in [1.807, 2.05) is 0 Å². The van der Waals surface area contributed by atoms with Crippen LogP contribution >= 0.6 is 0 Å². The molecule has 8 nitrogen and oxygen atoms in total. The summed E-state index contributed by atoms with van der Waals surface area (Å²) in [5, 5.41) is 0. The van der Waals surface area contributed by atoms with Gasteiger partial charge in [0.25, 0.3) is 5.56 Å². The topological polar surface area (TPSA) is 82.1 Å². The van der Waals surface area contributed by atoms with E-state index in [0.29, 0.717) is 5.56 Å². The van der Waals surface area contributed by atoms with Crippen molar-refractivity contribution in [3.63, 3.8) is 0 Å². The molecular formula is C17H18FN5O3. The number of benzene rings is 1. The van der Waals surface area contributed by atoms with Crippen LogP contribution in [0.5, 0.6) is 0 Å². The number of carbonyl (C=O) groups is 1. The summed E-state index contributed by atoms with van der Waals surface area (Å²) in [5.74, 6) is -0.641. The average Bonchev–Trinajstić information content (AvgIpc) is 3.01. The van der Waals surface area contributed by atoms with Gasteiger partial charge in [-0.2, -0.15) is 0 Å². The van der Waals surface area contributed by atoms with Gasteiger partial charge in [-0.25, -0.2) is 14.2 Å². The van der Waals surface area contributed by atoms with Crippen molar-refractivity contribution in [1.82, 2.24) is 23.6 Å². The summed E-state index contributed by atoms with van der Waals surface area (Å²) in [4.78, 5) is 42.3. The van der Waals surface area contributed by atoms with E-state index in [2.05, 4.69) is 4.98 Å². The maximum Gasteiger partial charge on any atom is 0.332 e. The van der Waals surface area contributed by atoms with Gasteiger partial charge in [-0.15, -0.1) is 0 Å².